The van der Waals surface area contributed by atoms with E-state index in [-0.39, 0.29) is 0 Å². The zero-order chi connectivity index (χ0) is 11.9. The second kappa shape index (κ2) is 7.62. The summed E-state index contributed by atoms with van der Waals surface area (Å²) in [6.07, 6.45) is 2.63. The SMILES string of the molecule is CCCN1CCN(CCC2CSCCN2)CC1. The highest BCUT2D eigenvalue weighted by atomic mass is 32.2. The van der Waals surface area contributed by atoms with Crippen molar-refractivity contribution in [3.63, 3.8) is 0 Å². The molecule has 4 heteroatoms. The van der Waals surface area contributed by atoms with Crippen LogP contribution in [-0.2, 0) is 0 Å². The van der Waals surface area contributed by atoms with Crippen molar-refractivity contribution in [3.05, 3.63) is 0 Å². The fourth-order valence-corrected chi connectivity index (χ4v) is 3.69. The molecular weight excluding hydrogens is 230 g/mol. The largest absolute Gasteiger partial charge is 0.312 e. The van der Waals surface area contributed by atoms with E-state index in [1.165, 1.54) is 70.2 Å². The molecule has 2 aliphatic heterocycles. The third kappa shape index (κ3) is 4.78. The van der Waals surface area contributed by atoms with Crippen LogP contribution in [0.5, 0.6) is 0 Å². The van der Waals surface area contributed by atoms with Crippen LogP contribution in [0.15, 0.2) is 0 Å². The van der Waals surface area contributed by atoms with E-state index in [1.54, 1.807) is 0 Å². The maximum Gasteiger partial charge on any atom is 0.0170 e. The molecule has 1 N–H and O–H groups in total. The van der Waals surface area contributed by atoms with Crippen molar-refractivity contribution in [2.75, 3.05) is 57.3 Å². The molecule has 2 heterocycles. The zero-order valence-electron chi connectivity index (χ0n) is 11.2. The fourth-order valence-electron chi connectivity index (χ4n) is 2.70. The molecule has 2 fully saturated rings. The highest BCUT2D eigenvalue weighted by Gasteiger charge is 2.18. The molecule has 17 heavy (non-hydrogen) atoms. The van der Waals surface area contributed by atoms with Gasteiger partial charge in [0, 0.05) is 50.3 Å². The van der Waals surface area contributed by atoms with Gasteiger partial charge < -0.3 is 15.1 Å². The number of hydrogen-bond acceptors (Lipinski definition) is 4. The summed E-state index contributed by atoms with van der Waals surface area (Å²) in [5, 5.41) is 3.63. The summed E-state index contributed by atoms with van der Waals surface area (Å²) in [6, 6.07) is 0.766. The van der Waals surface area contributed by atoms with Crippen molar-refractivity contribution >= 4 is 11.8 Å². The lowest BCUT2D eigenvalue weighted by Crippen LogP contribution is -2.48. The van der Waals surface area contributed by atoms with E-state index >= 15 is 0 Å². The van der Waals surface area contributed by atoms with Gasteiger partial charge in [-0.3, -0.25) is 0 Å². The minimum absolute atomic E-state index is 0.766. The van der Waals surface area contributed by atoms with Crippen molar-refractivity contribution in [2.45, 2.75) is 25.8 Å². The Morgan fingerprint density at radius 3 is 2.41 bits per heavy atom. The molecule has 3 nitrogen and oxygen atoms in total. The number of hydrogen-bond donors (Lipinski definition) is 1. The van der Waals surface area contributed by atoms with Gasteiger partial charge in [0.05, 0.1) is 0 Å². The Morgan fingerprint density at radius 1 is 1.12 bits per heavy atom. The van der Waals surface area contributed by atoms with Crippen molar-refractivity contribution in [1.82, 2.24) is 15.1 Å². The first-order valence-corrected chi connectivity index (χ1v) is 8.30. The number of rotatable bonds is 5. The molecule has 0 bridgehead atoms. The van der Waals surface area contributed by atoms with Gasteiger partial charge in [-0.1, -0.05) is 6.92 Å². The van der Waals surface area contributed by atoms with E-state index in [1.807, 2.05) is 0 Å². The van der Waals surface area contributed by atoms with Gasteiger partial charge in [0.15, 0.2) is 0 Å². The van der Waals surface area contributed by atoms with Crippen LogP contribution >= 0.6 is 11.8 Å². The van der Waals surface area contributed by atoms with Crippen LogP contribution in [0.2, 0.25) is 0 Å². The predicted octanol–water partition coefficient (Wildman–Crippen LogP) is 1.11. The lowest BCUT2D eigenvalue weighted by atomic mass is 10.2. The number of piperazine rings is 1. The van der Waals surface area contributed by atoms with Gasteiger partial charge in [-0.2, -0.15) is 11.8 Å². The van der Waals surface area contributed by atoms with E-state index in [0.717, 1.165) is 6.04 Å². The highest BCUT2D eigenvalue weighted by molar-refractivity contribution is 7.99. The van der Waals surface area contributed by atoms with Gasteiger partial charge in [0.25, 0.3) is 0 Å². The van der Waals surface area contributed by atoms with E-state index < -0.39 is 0 Å². The smallest absolute Gasteiger partial charge is 0.0170 e. The van der Waals surface area contributed by atoms with E-state index in [2.05, 4.69) is 33.8 Å². The number of nitrogens with one attached hydrogen (secondary N) is 1. The lowest BCUT2D eigenvalue weighted by molar-refractivity contribution is 0.129. The first kappa shape index (κ1) is 13.7. The predicted molar refractivity (Wildman–Crippen MR) is 76.9 cm³/mol. The van der Waals surface area contributed by atoms with Crippen LogP contribution in [0, 0.1) is 0 Å². The Morgan fingerprint density at radius 2 is 1.82 bits per heavy atom. The van der Waals surface area contributed by atoms with Crippen molar-refractivity contribution in [1.29, 1.82) is 0 Å². The molecule has 100 valence electrons. The van der Waals surface area contributed by atoms with Crippen LogP contribution in [-0.4, -0.2) is 73.2 Å². The number of nitrogens with zero attached hydrogens (tertiary/aromatic N) is 2. The lowest BCUT2D eigenvalue weighted by Gasteiger charge is -2.35. The first-order valence-electron chi connectivity index (χ1n) is 7.14. The molecule has 1 unspecified atom stereocenters. The molecule has 2 rings (SSSR count). The van der Waals surface area contributed by atoms with Gasteiger partial charge in [-0.05, 0) is 25.9 Å². The molecule has 0 amide bonds. The summed E-state index contributed by atoms with van der Waals surface area (Å²) in [6.45, 7) is 11.2. The summed E-state index contributed by atoms with van der Waals surface area (Å²) < 4.78 is 0. The van der Waals surface area contributed by atoms with Crippen LogP contribution in [0.25, 0.3) is 0 Å². The Kier molecular flexibility index (Phi) is 6.12. The second-order valence-corrected chi connectivity index (χ2v) is 6.35. The molecule has 2 aliphatic rings. The first-order chi connectivity index (χ1) is 8.38. The van der Waals surface area contributed by atoms with Crippen LogP contribution in [0.1, 0.15) is 19.8 Å². The topological polar surface area (TPSA) is 18.5 Å². The van der Waals surface area contributed by atoms with Crippen LogP contribution < -0.4 is 5.32 Å². The maximum absolute atomic E-state index is 3.63. The van der Waals surface area contributed by atoms with Gasteiger partial charge in [-0.25, -0.2) is 0 Å². The van der Waals surface area contributed by atoms with Crippen LogP contribution in [0.4, 0.5) is 0 Å². The van der Waals surface area contributed by atoms with Crippen molar-refractivity contribution in [3.8, 4) is 0 Å². The summed E-state index contributed by atoms with van der Waals surface area (Å²) in [5.41, 5.74) is 0. The van der Waals surface area contributed by atoms with Gasteiger partial charge >= 0.3 is 0 Å². The average molecular weight is 257 g/mol. The Hall–Kier alpha value is 0.230. The Bertz CT molecular complexity index is 199. The molecule has 0 spiro atoms. The second-order valence-electron chi connectivity index (χ2n) is 5.20. The molecule has 1 atom stereocenters. The molecule has 0 saturated carbocycles. The quantitative estimate of drug-likeness (QED) is 0.795. The molecular formula is C13H27N3S. The molecule has 0 aromatic heterocycles. The normalized spacial score (nSPS) is 28.4. The highest BCUT2D eigenvalue weighted by Crippen LogP contribution is 2.11. The fraction of sp³-hybridized carbons (Fsp3) is 1.00. The minimum atomic E-state index is 0.766. The van der Waals surface area contributed by atoms with E-state index in [4.69, 9.17) is 0 Å². The summed E-state index contributed by atoms with van der Waals surface area (Å²) in [7, 11) is 0. The average Bonchev–Trinajstić information content (AvgIpc) is 2.40. The Balaban J connectivity index is 1.57. The van der Waals surface area contributed by atoms with E-state index in [0.29, 0.717) is 0 Å². The maximum atomic E-state index is 3.63. The molecule has 2 saturated heterocycles. The van der Waals surface area contributed by atoms with Gasteiger partial charge in [-0.15, -0.1) is 0 Å². The van der Waals surface area contributed by atoms with Gasteiger partial charge in [0.1, 0.15) is 0 Å². The monoisotopic (exact) mass is 257 g/mol. The van der Waals surface area contributed by atoms with Crippen molar-refractivity contribution < 1.29 is 0 Å². The Labute approximate surface area is 110 Å². The summed E-state index contributed by atoms with van der Waals surface area (Å²) >= 11 is 2.11. The van der Waals surface area contributed by atoms with E-state index in [9.17, 15) is 0 Å². The summed E-state index contributed by atoms with van der Waals surface area (Å²) in [4.78, 5) is 5.25. The summed E-state index contributed by atoms with van der Waals surface area (Å²) in [5.74, 6) is 2.61. The zero-order valence-corrected chi connectivity index (χ0v) is 12.0. The van der Waals surface area contributed by atoms with Gasteiger partial charge in [0.2, 0.25) is 0 Å². The third-order valence-corrected chi connectivity index (χ3v) is 4.93. The molecule has 0 radical (unpaired) electrons. The number of thioether (sulfide) groups is 1. The van der Waals surface area contributed by atoms with Crippen LogP contribution in [0.3, 0.4) is 0 Å². The molecule has 0 aromatic rings. The minimum Gasteiger partial charge on any atom is -0.312 e. The molecule has 0 aliphatic carbocycles. The molecule has 0 aromatic carbocycles. The standard InChI is InChI=1S/C13H27N3S/c1-2-5-15-7-9-16(10-8-15)6-3-13-12-17-11-4-14-13/h13-14H,2-12H2,1H3. The van der Waals surface area contributed by atoms with Crippen molar-refractivity contribution in [2.24, 2.45) is 0 Å². The third-order valence-electron chi connectivity index (χ3n) is 3.80.